The van der Waals surface area contributed by atoms with Crippen LogP contribution < -0.4 is 21.3 Å². The minimum Gasteiger partial charge on any atom is -0.339 e. The van der Waals surface area contributed by atoms with E-state index in [2.05, 4.69) is 29.2 Å². The van der Waals surface area contributed by atoms with Crippen LogP contribution in [-0.2, 0) is 0 Å². The first-order valence-corrected chi connectivity index (χ1v) is 6.30. The Morgan fingerprint density at radius 1 is 0.789 bits per heavy atom. The summed E-state index contributed by atoms with van der Waals surface area (Å²) in [5.74, 6) is 0. The summed E-state index contributed by atoms with van der Waals surface area (Å²) in [4.78, 5) is 12.8. The quantitative estimate of drug-likeness (QED) is 0.592. The number of aromatic amines is 1. The van der Waals surface area contributed by atoms with E-state index in [0.29, 0.717) is 0 Å². The number of aromatic nitrogens is 1. The molecule has 0 saturated heterocycles. The highest BCUT2D eigenvalue weighted by atomic mass is 15.0. The predicted octanol–water partition coefficient (Wildman–Crippen LogP) is 0.351. The molecule has 19 heavy (non-hydrogen) atoms. The largest absolute Gasteiger partial charge is 0.339 e. The molecule has 2 aromatic carbocycles. The van der Waals surface area contributed by atoms with Crippen molar-refractivity contribution in [2.24, 2.45) is 9.98 Å². The maximum Gasteiger partial charge on any atom is 0.141 e. The highest BCUT2D eigenvalue weighted by Crippen LogP contribution is 2.19. The second-order valence-corrected chi connectivity index (χ2v) is 4.83. The van der Waals surface area contributed by atoms with Crippen LogP contribution in [0.25, 0.3) is 22.3 Å². The molecule has 0 amide bonds. The molecule has 3 heterocycles. The Hall–Kier alpha value is -2.68. The van der Waals surface area contributed by atoms with E-state index >= 15 is 0 Å². The fourth-order valence-electron chi connectivity index (χ4n) is 2.92. The molecule has 0 radical (unpaired) electrons. The Balaban J connectivity index is 2.11. The average molecular weight is 243 g/mol. The van der Waals surface area contributed by atoms with Crippen LogP contribution in [-0.4, -0.2) is 4.98 Å². The molecule has 0 saturated carbocycles. The van der Waals surface area contributed by atoms with Gasteiger partial charge in [-0.3, -0.25) is 0 Å². The van der Waals surface area contributed by atoms with Crippen LogP contribution in [0.2, 0.25) is 0 Å². The summed E-state index contributed by atoms with van der Waals surface area (Å²) >= 11 is 0. The lowest BCUT2D eigenvalue weighted by Crippen LogP contribution is -2.23. The first-order valence-electron chi connectivity index (χ1n) is 6.30. The number of fused-ring (bicyclic) bond motifs is 5. The number of nitrogens with one attached hydrogen (secondary N) is 1. The van der Waals surface area contributed by atoms with Gasteiger partial charge < -0.3 is 4.98 Å². The molecular weight excluding hydrogens is 234 g/mol. The molecule has 0 fully saturated rings. The minimum absolute atomic E-state index is 0.935. The summed E-state index contributed by atoms with van der Waals surface area (Å²) in [6.07, 6.45) is 0. The van der Waals surface area contributed by atoms with Crippen LogP contribution in [0.3, 0.4) is 0 Å². The molecule has 1 N–H and O–H groups in total. The van der Waals surface area contributed by atoms with Gasteiger partial charge in [0.25, 0.3) is 0 Å². The topological polar surface area (TPSA) is 40.5 Å². The lowest BCUT2D eigenvalue weighted by molar-refractivity contribution is 1.23. The van der Waals surface area contributed by atoms with E-state index in [-0.39, 0.29) is 0 Å². The molecule has 1 aromatic heterocycles. The summed E-state index contributed by atoms with van der Waals surface area (Å²) in [5.41, 5.74) is 4.06. The van der Waals surface area contributed by atoms with Gasteiger partial charge in [0.05, 0.1) is 10.6 Å². The van der Waals surface area contributed by atoms with Gasteiger partial charge in [0, 0.05) is 16.1 Å². The maximum absolute atomic E-state index is 4.74. The fraction of sp³-hybridized carbons (Fsp3) is 0. The van der Waals surface area contributed by atoms with Crippen LogP contribution >= 0.6 is 0 Å². The standard InChI is InChI=1S/C16H9N3/c1-3-7-11-9(5-1)13-15-14(19-16(13)18-11)10-6-2-4-8-12(10)17-15/h1-8H,(H,18,19). The van der Waals surface area contributed by atoms with Gasteiger partial charge in [0.2, 0.25) is 0 Å². The van der Waals surface area contributed by atoms with Crippen molar-refractivity contribution < 1.29 is 0 Å². The zero-order chi connectivity index (χ0) is 12.4. The van der Waals surface area contributed by atoms with Crippen molar-refractivity contribution in [2.45, 2.75) is 0 Å². The van der Waals surface area contributed by atoms with Crippen molar-refractivity contribution in [2.75, 3.05) is 0 Å². The molecule has 2 aliphatic rings. The first kappa shape index (κ1) is 9.28. The van der Waals surface area contributed by atoms with Gasteiger partial charge in [-0.05, 0) is 12.1 Å². The number of benzene rings is 2. The van der Waals surface area contributed by atoms with Crippen LogP contribution in [0.15, 0.2) is 58.5 Å². The normalized spacial score (nSPS) is 14.9. The molecule has 0 spiro atoms. The third-order valence-corrected chi connectivity index (χ3v) is 3.76. The number of rotatable bonds is 0. The fourth-order valence-corrected chi connectivity index (χ4v) is 2.92. The van der Waals surface area contributed by atoms with E-state index < -0.39 is 0 Å². The van der Waals surface area contributed by atoms with Gasteiger partial charge >= 0.3 is 0 Å². The molecule has 0 bridgehead atoms. The van der Waals surface area contributed by atoms with E-state index in [1.54, 1.807) is 0 Å². The Morgan fingerprint density at radius 2 is 1.63 bits per heavy atom. The lowest BCUT2D eigenvalue weighted by Gasteiger charge is -1.91. The molecule has 2 aliphatic heterocycles. The van der Waals surface area contributed by atoms with Crippen molar-refractivity contribution in [1.29, 1.82) is 0 Å². The Kier molecular flexibility index (Phi) is 1.47. The third kappa shape index (κ3) is 1.03. The van der Waals surface area contributed by atoms with Crippen LogP contribution in [0, 0.1) is 0 Å². The monoisotopic (exact) mass is 243 g/mol. The summed E-state index contributed by atoms with van der Waals surface area (Å²) in [5, 5.41) is 4.49. The number of para-hydroxylation sites is 2. The van der Waals surface area contributed by atoms with E-state index in [1.807, 2.05) is 24.3 Å². The predicted molar refractivity (Wildman–Crippen MR) is 73.1 cm³/mol. The van der Waals surface area contributed by atoms with Gasteiger partial charge in [-0.25, -0.2) is 9.98 Å². The highest BCUT2D eigenvalue weighted by molar-refractivity contribution is 5.96. The summed E-state index contributed by atoms with van der Waals surface area (Å²) in [6.45, 7) is 0. The average Bonchev–Trinajstić information content (AvgIpc) is 3.05. The van der Waals surface area contributed by atoms with Gasteiger partial charge in [-0.15, -0.1) is 0 Å². The summed E-state index contributed by atoms with van der Waals surface area (Å²) < 4.78 is 0. The molecular formula is C16H9N3. The van der Waals surface area contributed by atoms with E-state index in [4.69, 9.17) is 9.98 Å². The Bertz CT molecular complexity index is 1100. The van der Waals surface area contributed by atoms with Gasteiger partial charge in [-0.1, -0.05) is 36.4 Å². The van der Waals surface area contributed by atoms with Crippen LogP contribution in [0.4, 0.5) is 0 Å². The van der Waals surface area contributed by atoms with Crippen molar-refractivity contribution >= 4 is 22.3 Å². The maximum atomic E-state index is 4.74. The molecule has 3 heteroatoms. The third-order valence-electron chi connectivity index (χ3n) is 3.76. The molecule has 3 aromatic rings. The number of nitrogens with zero attached hydrogens (tertiary/aromatic N) is 2. The SMILES string of the molecule is c1ccc2c(c1)=NC1=c3c([nH]c4ccccc34)=NC=21. The molecule has 0 unspecified atom stereocenters. The highest BCUT2D eigenvalue weighted by Gasteiger charge is 2.20. The molecule has 0 aliphatic carbocycles. The summed E-state index contributed by atoms with van der Waals surface area (Å²) in [6, 6.07) is 16.4. The number of hydrogen-bond acceptors (Lipinski definition) is 2. The van der Waals surface area contributed by atoms with Crippen LogP contribution in [0.5, 0.6) is 0 Å². The van der Waals surface area contributed by atoms with Crippen molar-refractivity contribution in [3.63, 3.8) is 0 Å². The van der Waals surface area contributed by atoms with Gasteiger partial charge in [-0.2, -0.15) is 0 Å². The Morgan fingerprint density at radius 3 is 2.63 bits per heavy atom. The summed E-state index contributed by atoms with van der Waals surface area (Å²) in [7, 11) is 0. The molecule has 0 atom stereocenters. The second kappa shape index (κ2) is 3.01. The molecule has 3 nitrogen and oxygen atoms in total. The van der Waals surface area contributed by atoms with Crippen molar-refractivity contribution in [3.8, 4) is 0 Å². The zero-order valence-corrected chi connectivity index (χ0v) is 10.0. The number of H-pyrrole nitrogens is 1. The van der Waals surface area contributed by atoms with Crippen molar-refractivity contribution in [1.82, 2.24) is 4.98 Å². The van der Waals surface area contributed by atoms with E-state index in [1.165, 1.54) is 5.39 Å². The van der Waals surface area contributed by atoms with E-state index in [0.717, 1.165) is 38.2 Å². The van der Waals surface area contributed by atoms with Gasteiger partial charge in [0.1, 0.15) is 16.9 Å². The number of hydrogen-bond donors (Lipinski definition) is 1. The Labute approximate surface area is 108 Å². The first-order chi connectivity index (χ1) is 9.42. The molecule has 5 rings (SSSR count). The van der Waals surface area contributed by atoms with Crippen molar-refractivity contribution in [3.05, 3.63) is 69.8 Å². The van der Waals surface area contributed by atoms with Crippen LogP contribution in [0.1, 0.15) is 0 Å². The zero-order valence-electron chi connectivity index (χ0n) is 10.0. The minimum atomic E-state index is 0.935. The molecule has 88 valence electrons. The second-order valence-electron chi connectivity index (χ2n) is 4.83. The lowest BCUT2D eigenvalue weighted by atomic mass is 10.2. The van der Waals surface area contributed by atoms with E-state index in [9.17, 15) is 0 Å². The smallest absolute Gasteiger partial charge is 0.141 e. The van der Waals surface area contributed by atoms with Gasteiger partial charge in [0.15, 0.2) is 0 Å².